The van der Waals surface area contributed by atoms with Gasteiger partial charge < -0.3 is 0 Å². The molecule has 2 aliphatic rings. The number of benzene rings is 1. The molecule has 1 aromatic rings. The highest BCUT2D eigenvalue weighted by Crippen LogP contribution is 2.34. The molecule has 3 rings (SSSR count). The third-order valence-corrected chi connectivity index (χ3v) is 5.87. The number of rotatable bonds is 6. The second-order valence-electron chi connectivity index (χ2n) is 7.60. The van der Waals surface area contributed by atoms with Gasteiger partial charge >= 0.3 is 0 Å². The van der Waals surface area contributed by atoms with E-state index in [1.807, 2.05) is 0 Å². The fourth-order valence-corrected chi connectivity index (χ4v) is 4.23. The van der Waals surface area contributed by atoms with Gasteiger partial charge in [-0.2, -0.15) is 5.10 Å². The van der Waals surface area contributed by atoms with Gasteiger partial charge in [-0.1, -0.05) is 50.1 Å². The Kier molecular flexibility index (Phi) is 6.06. The molecule has 3 heteroatoms. The summed E-state index contributed by atoms with van der Waals surface area (Å²) < 4.78 is 0. The number of carbonyl (C=O) groups is 1. The van der Waals surface area contributed by atoms with Gasteiger partial charge in [-0.25, -0.2) is 5.43 Å². The Morgan fingerprint density at radius 3 is 2.54 bits per heavy atom. The normalized spacial score (nSPS) is 25.7. The third kappa shape index (κ3) is 4.68. The number of hydrazone groups is 1. The zero-order valence-corrected chi connectivity index (χ0v) is 14.8. The maximum atomic E-state index is 11.2. The first kappa shape index (κ1) is 17.2. The summed E-state index contributed by atoms with van der Waals surface area (Å²) in [6, 6.07) is 10.9. The van der Waals surface area contributed by atoms with Crippen molar-refractivity contribution in [1.29, 1.82) is 0 Å². The first-order valence-corrected chi connectivity index (χ1v) is 9.62. The molecule has 0 saturated heterocycles. The van der Waals surface area contributed by atoms with Gasteiger partial charge in [0.2, 0.25) is 5.91 Å². The van der Waals surface area contributed by atoms with Gasteiger partial charge in [-0.3, -0.25) is 4.79 Å². The van der Waals surface area contributed by atoms with E-state index in [1.54, 1.807) is 0 Å². The smallest absolute Gasteiger partial charge is 0.240 e. The molecular formula is C21H30N2O. The molecule has 3 nitrogen and oxygen atoms in total. The highest BCUT2D eigenvalue weighted by atomic mass is 16.2. The number of amides is 1. The second-order valence-corrected chi connectivity index (χ2v) is 7.60. The van der Waals surface area contributed by atoms with E-state index in [4.69, 9.17) is 0 Å². The van der Waals surface area contributed by atoms with Crippen LogP contribution in [0.5, 0.6) is 0 Å². The summed E-state index contributed by atoms with van der Waals surface area (Å²) in [5.74, 6) is 2.25. The molecule has 1 aromatic carbocycles. The summed E-state index contributed by atoms with van der Waals surface area (Å²) in [6.07, 6.45) is 10.7. The Hall–Kier alpha value is -1.64. The second kappa shape index (κ2) is 8.46. The summed E-state index contributed by atoms with van der Waals surface area (Å²) in [4.78, 5) is 11.2. The van der Waals surface area contributed by atoms with Gasteiger partial charge in [-0.15, -0.1) is 0 Å². The summed E-state index contributed by atoms with van der Waals surface area (Å²) in [5, 5.41) is 4.30. The van der Waals surface area contributed by atoms with E-state index >= 15 is 0 Å². The van der Waals surface area contributed by atoms with Crippen molar-refractivity contribution in [2.24, 2.45) is 16.9 Å². The zero-order valence-electron chi connectivity index (χ0n) is 14.8. The lowest BCUT2D eigenvalue weighted by Gasteiger charge is -2.30. The Morgan fingerprint density at radius 1 is 1.12 bits per heavy atom. The van der Waals surface area contributed by atoms with E-state index in [1.165, 1.54) is 56.2 Å². The quantitative estimate of drug-likeness (QED) is 0.782. The minimum atomic E-state index is 0.0694. The fourth-order valence-electron chi connectivity index (χ4n) is 4.23. The Balaban J connectivity index is 1.36. The largest absolute Gasteiger partial charge is 0.273 e. The van der Waals surface area contributed by atoms with Crippen molar-refractivity contribution in [3.63, 3.8) is 0 Å². The van der Waals surface area contributed by atoms with Crippen LogP contribution in [0, 0.1) is 11.8 Å². The fraction of sp³-hybridized carbons (Fsp3) is 0.619. The average molecular weight is 326 g/mol. The molecule has 1 aliphatic carbocycles. The highest BCUT2D eigenvalue weighted by Gasteiger charge is 2.26. The van der Waals surface area contributed by atoms with Gasteiger partial charge in [0.1, 0.15) is 0 Å². The topological polar surface area (TPSA) is 41.5 Å². The lowest BCUT2D eigenvalue weighted by atomic mass is 9.76. The summed E-state index contributed by atoms with van der Waals surface area (Å²) in [6.45, 7) is 2.35. The van der Waals surface area contributed by atoms with Gasteiger partial charge in [-0.05, 0) is 61.8 Å². The Labute approximate surface area is 145 Å². The minimum absolute atomic E-state index is 0.0694. The zero-order chi connectivity index (χ0) is 16.8. The van der Waals surface area contributed by atoms with Crippen molar-refractivity contribution in [2.75, 3.05) is 0 Å². The van der Waals surface area contributed by atoms with Gasteiger partial charge in [0, 0.05) is 12.1 Å². The summed E-state index contributed by atoms with van der Waals surface area (Å²) in [7, 11) is 0. The van der Waals surface area contributed by atoms with E-state index in [0.29, 0.717) is 18.3 Å². The highest BCUT2D eigenvalue weighted by molar-refractivity contribution is 5.93. The SMILES string of the molecule is CC(CCCC1CCC(C2=NNC(=O)CC2)CC1)c1ccccc1. The van der Waals surface area contributed by atoms with Crippen LogP contribution in [0.1, 0.15) is 76.2 Å². The van der Waals surface area contributed by atoms with Crippen molar-refractivity contribution in [2.45, 2.75) is 70.6 Å². The molecule has 130 valence electrons. The van der Waals surface area contributed by atoms with Gasteiger partial charge in [0.15, 0.2) is 0 Å². The predicted molar refractivity (Wildman–Crippen MR) is 99.0 cm³/mol. The van der Waals surface area contributed by atoms with Gasteiger partial charge in [0.25, 0.3) is 0 Å². The molecule has 1 saturated carbocycles. The van der Waals surface area contributed by atoms with Crippen LogP contribution in [0.25, 0.3) is 0 Å². The van der Waals surface area contributed by atoms with E-state index in [-0.39, 0.29) is 5.91 Å². The van der Waals surface area contributed by atoms with Crippen molar-refractivity contribution in [1.82, 2.24) is 5.43 Å². The maximum absolute atomic E-state index is 11.2. The maximum Gasteiger partial charge on any atom is 0.240 e. The molecule has 0 aromatic heterocycles. The minimum Gasteiger partial charge on any atom is -0.273 e. The van der Waals surface area contributed by atoms with Gasteiger partial charge in [0.05, 0.1) is 0 Å². The molecule has 0 radical (unpaired) electrons. The van der Waals surface area contributed by atoms with Crippen LogP contribution in [0.2, 0.25) is 0 Å². The first-order valence-electron chi connectivity index (χ1n) is 9.62. The molecule has 1 aliphatic heterocycles. The van der Waals surface area contributed by atoms with E-state index in [0.717, 1.165) is 12.3 Å². The van der Waals surface area contributed by atoms with Crippen LogP contribution in [0.4, 0.5) is 0 Å². The van der Waals surface area contributed by atoms with E-state index in [9.17, 15) is 4.79 Å². The standard InChI is InChI=1S/C21H30N2O/c1-16(18-8-3-2-4-9-18)6-5-7-17-10-12-19(13-11-17)20-14-15-21(24)23-22-20/h2-4,8-9,16-17,19H,5-7,10-15H2,1H3,(H,23,24). The molecule has 24 heavy (non-hydrogen) atoms. The van der Waals surface area contributed by atoms with Crippen molar-refractivity contribution in [3.05, 3.63) is 35.9 Å². The Morgan fingerprint density at radius 2 is 1.88 bits per heavy atom. The molecule has 0 spiro atoms. The molecule has 1 N–H and O–H groups in total. The number of hydrogen-bond acceptors (Lipinski definition) is 2. The number of hydrogen-bond donors (Lipinski definition) is 1. The van der Waals surface area contributed by atoms with Crippen LogP contribution >= 0.6 is 0 Å². The molecule has 1 amide bonds. The van der Waals surface area contributed by atoms with Crippen LogP contribution in [-0.2, 0) is 4.79 Å². The van der Waals surface area contributed by atoms with Crippen LogP contribution in [-0.4, -0.2) is 11.6 Å². The molecule has 1 heterocycles. The van der Waals surface area contributed by atoms with Crippen LogP contribution in [0.15, 0.2) is 35.4 Å². The van der Waals surface area contributed by atoms with Crippen LogP contribution in [0.3, 0.4) is 0 Å². The first-order chi connectivity index (χ1) is 11.7. The monoisotopic (exact) mass is 326 g/mol. The molecular weight excluding hydrogens is 296 g/mol. The number of nitrogens with zero attached hydrogens (tertiary/aromatic N) is 1. The predicted octanol–water partition coefficient (Wildman–Crippen LogP) is 5.03. The van der Waals surface area contributed by atoms with E-state index in [2.05, 4.69) is 47.8 Å². The third-order valence-electron chi connectivity index (χ3n) is 5.87. The van der Waals surface area contributed by atoms with Crippen molar-refractivity contribution >= 4 is 11.6 Å². The lowest BCUT2D eigenvalue weighted by molar-refractivity contribution is -0.121. The van der Waals surface area contributed by atoms with E-state index < -0.39 is 0 Å². The van der Waals surface area contributed by atoms with Crippen molar-refractivity contribution < 1.29 is 4.79 Å². The number of nitrogens with one attached hydrogen (secondary N) is 1. The molecule has 1 atom stereocenters. The summed E-state index contributed by atoms with van der Waals surface area (Å²) >= 11 is 0. The summed E-state index contributed by atoms with van der Waals surface area (Å²) in [5.41, 5.74) is 5.36. The average Bonchev–Trinajstić information content (AvgIpc) is 2.64. The Bertz CT molecular complexity index is 558. The lowest BCUT2D eigenvalue weighted by Crippen LogP contribution is -2.31. The van der Waals surface area contributed by atoms with Crippen LogP contribution < -0.4 is 5.43 Å². The van der Waals surface area contributed by atoms with Crippen molar-refractivity contribution in [3.8, 4) is 0 Å². The molecule has 1 fully saturated rings. The molecule has 1 unspecified atom stereocenters. The number of carbonyl (C=O) groups excluding carboxylic acids is 1. The molecule has 0 bridgehead atoms.